The molecule has 5 rings (SSSR count). The first-order valence-corrected chi connectivity index (χ1v) is 13.0. The third-order valence-corrected chi connectivity index (χ3v) is 8.31. The van der Waals surface area contributed by atoms with Gasteiger partial charge in [-0.3, -0.25) is 14.2 Å². The zero-order valence-electron chi connectivity index (χ0n) is 19.0. The highest BCUT2D eigenvalue weighted by Gasteiger charge is 2.26. The average Bonchev–Trinajstić information content (AvgIpc) is 3.21. The molecule has 0 aliphatic heterocycles. The van der Waals surface area contributed by atoms with Gasteiger partial charge in [-0.2, -0.15) is 0 Å². The number of hydrogen-bond donors (Lipinski definition) is 0. The van der Waals surface area contributed by atoms with E-state index in [1.807, 2.05) is 30.3 Å². The number of nitrogens with zero attached hydrogens (tertiary/aromatic N) is 3. The Hall–Kier alpha value is -2.97. The lowest BCUT2D eigenvalue weighted by Crippen LogP contribution is -2.29. The van der Waals surface area contributed by atoms with Crippen LogP contribution in [0.3, 0.4) is 0 Å². The number of thiophene rings is 1. The van der Waals surface area contributed by atoms with Crippen LogP contribution in [0.15, 0.2) is 64.5 Å². The monoisotopic (exact) mass is 493 g/mol. The highest BCUT2D eigenvalue weighted by molar-refractivity contribution is 7.99. The molecule has 0 fully saturated rings. The molecule has 1 aliphatic rings. The van der Waals surface area contributed by atoms with Gasteiger partial charge >= 0.3 is 0 Å². The van der Waals surface area contributed by atoms with Crippen LogP contribution in [0.1, 0.15) is 23.8 Å². The molecule has 2 aromatic carbocycles. The smallest absolute Gasteiger partial charge is 0.267 e. The van der Waals surface area contributed by atoms with Gasteiger partial charge in [-0.15, -0.1) is 11.3 Å². The minimum Gasteiger partial charge on any atom is -0.315 e. The Morgan fingerprint density at radius 2 is 1.94 bits per heavy atom. The number of anilines is 1. The molecule has 0 saturated heterocycles. The number of aryl methyl sites for hydroxylation is 1. The summed E-state index contributed by atoms with van der Waals surface area (Å²) in [7, 11) is 1.72. The van der Waals surface area contributed by atoms with Crippen molar-refractivity contribution in [3.05, 3.63) is 81.2 Å². The van der Waals surface area contributed by atoms with E-state index < -0.39 is 5.82 Å². The van der Waals surface area contributed by atoms with Crippen LogP contribution in [0.5, 0.6) is 0 Å². The fourth-order valence-electron chi connectivity index (χ4n) is 4.33. The van der Waals surface area contributed by atoms with Gasteiger partial charge in [0.05, 0.1) is 16.8 Å². The molecule has 2 aromatic heterocycles. The lowest BCUT2D eigenvalue weighted by Gasteiger charge is -2.18. The van der Waals surface area contributed by atoms with Crippen LogP contribution < -0.4 is 10.5 Å². The third kappa shape index (κ3) is 4.16. The second-order valence-electron chi connectivity index (χ2n) is 8.60. The Bertz CT molecular complexity index is 1430. The second-order valence-corrected chi connectivity index (χ2v) is 10.6. The van der Waals surface area contributed by atoms with Crippen molar-refractivity contribution in [1.82, 2.24) is 9.55 Å². The van der Waals surface area contributed by atoms with E-state index in [2.05, 4.69) is 6.92 Å². The number of thioether (sulfide) groups is 1. The lowest BCUT2D eigenvalue weighted by atomic mass is 9.89. The standard InChI is InChI=1S/C26H24FN3O2S2/c1-16-12-13-18-21(14-16)34-24-23(18)25(32)30(20-11-7-6-10-19(20)27)26(28-24)33-15-22(31)29(2)17-8-4-3-5-9-17/h3-11,16H,12-15H2,1-2H3. The Labute approximate surface area is 205 Å². The number of carbonyl (C=O) groups is 1. The average molecular weight is 494 g/mol. The summed E-state index contributed by atoms with van der Waals surface area (Å²) in [6.45, 7) is 2.22. The molecule has 5 nitrogen and oxygen atoms in total. The predicted molar refractivity (Wildman–Crippen MR) is 137 cm³/mol. The molecule has 1 atom stereocenters. The number of benzene rings is 2. The molecule has 34 heavy (non-hydrogen) atoms. The van der Waals surface area contributed by atoms with Crippen molar-refractivity contribution >= 4 is 44.9 Å². The summed E-state index contributed by atoms with van der Waals surface area (Å²) in [5.74, 6) is -0.00256. The van der Waals surface area contributed by atoms with Crippen molar-refractivity contribution in [2.24, 2.45) is 5.92 Å². The van der Waals surface area contributed by atoms with E-state index in [1.165, 1.54) is 15.5 Å². The Kier molecular flexibility index (Phi) is 6.27. The molecule has 0 bridgehead atoms. The van der Waals surface area contributed by atoms with Crippen LogP contribution in [0.4, 0.5) is 10.1 Å². The van der Waals surface area contributed by atoms with Gasteiger partial charge in [0.1, 0.15) is 10.6 Å². The van der Waals surface area contributed by atoms with Crippen molar-refractivity contribution in [2.75, 3.05) is 17.7 Å². The van der Waals surface area contributed by atoms with Gasteiger partial charge in [0, 0.05) is 17.6 Å². The first-order valence-electron chi connectivity index (χ1n) is 11.2. The number of rotatable bonds is 5. The molecule has 0 saturated carbocycles. The zero-order chi connectivity index (χ0) is 23.8. The minimum atomic E-state index is -0.502. The molecule has 0 spiro atoms. The summed E-state index contributed by atoms with van der Waals surface area (Å²) in [5, 5.41) is 0.913. The molecule has 174 valence electrons. The zero-order valence-corrected chi connectivity index (χ0v) is 20.6. The van der Waals surface area contributed by atoms with Gasteiger partial charge in [0.25, 0.3) is 5.56 Å². The lowest BCUT2D eigenvalue weighted by molar-refractivity contribution is -0.115. The van der Waals surface area contributed by atoms with Crippen molar-refractivity contribution in [2.45, 2.75) is 31.3 Å². The van der Waals surface area contributed by atoms with Gasteiger partial charge in [0.15, 0.2) is 5.16 Å². The van der Waals surface area contributed by atoms with Crippen LogP contribution in [-0.4, -0.2) is 28.3 Å². The molecule has 2 heterocycles. The topological polar surface area (TPSA) is 55.2 Å². The van der Waals surface area contributed by atoms with Crippen molar-refractivity contribution in [1.29, 1.82) is 0 Å². The second kappa shape index (κ2) is 9.35. The third-order valence-electron chi connectivity index (χ3n) is 6.23. The quantitative estimate of drug-likeness (QED) is 0.273. The van der Waals surface area contributed by atoms with E-state index in [1.54, 1.807) is 41.5 Å². The first kappa shape index (κ1) is 22.8. The summed E-state index contributed by atoms with van der Waals surface area (Å²) < 4.78 is 16.2. The van der Waals surface area contributed by atoms with Crippen LogP contribution >= 0.6 is 23.1 Å². The van der Waals surface area contributed by atoms with Gasteiger partial charge in [-0.25, -0.2) is 9.37 Å². The van der Waals surface area contributed by atoms with Gasteiger partial charge in [-0.05, 0) is 55.0 Å². The highest BCUT2D eigenvalue weighted by atomic mass is 32.2. The number of hydrogen-bond acceptors (Lipinski definition) is 5. The number of para-hydroxylation sites is 2. The summed E-state index contributed by atoms with van der Waals surface area (Å²) in [6.07, 6.45) is 2.78. The SMILES string of the molecule is CC1CCc2c(sc3nc(SCC(=O)N(C)c4ccccc4)n(-c4ccccc4F)c(=O)c23)C1. The molecule has 0 N–H and O–H groups in total. The van der Waals surface area contributed by atoms with Crippen LogP contribution in [0.2, 0.25) is 0 Å². The van der Waals surface area contributed by atoms with Crippen molar-refractivity contribution < 1.29 is 9.18 Å². The molecular weight excluding hydrogens is 469 g/mol. The molecule has 4 aromatic rings. The predicted octanol–water partition coefficient (Wildman–Crippen LogP) is 5.47. The maximum atomic E-state index is 14.8. The molecule has 1 unspecified atom stereocenters. The molecular formula is C26H24FN3O2S2. The molecule has 8 heteroatoms. The maximum absolute atomic E-state index is 14.8. The van der Waals surface area contributed by atoms with E-state index in [0.717, 1.165) is 42.3 Å². The van der Waals surface area contributed by atoms with E-state index in [9.17, 15) is 14.0 Å². The summed E-state index contributed by atoms with van der Waals surface area (Å²) in [6, 6.07) is 15.6. The molecule has 0 radical (unpaired) electrons. The van der Waals surface area contributed by atoms with Crippen LogP contribution in [-0.2, 0) is 17.6 Å². The Morgan fingerprint density at radius 1 is 1.21 bits per heavy atom. The summed E-state index contributed by atoms with van der Waals surface area (Å²) in [5.41, 5.74) is 1.71. The Balaban J connectivity index is 1.58. The van der Waals surface area contributed by atoms with Gasteiger partial charge < -0.3 is 4.90 Å². The maximum Gasteiger partial charge on any atom is 0.267 e. The first-order chi connectivity index (χ1) is 16.4. The molecule has 1 amide bonds. The molecule has 1 aliphatic carbocycles. The summed E-state index contributed by atoms with van der Waals surface area (Å²) >= 11 is 2.71. The van der Waals surface area contributed by atoms with Gasteiger partial charge in [0.2, 0.25) is 5.91 Å². The van der Waals surface area contributed by atoms with Crippen molar-refractivity contribution in [3.63, 3.8) is 0 Å². The summed E-state index contributed by atoms with van der Waals surface area (Å²) in [4.78, 5) is 34.9. The van der Waals surface area contributed by atoms with E-state index in [0.29, 0.717) is 21.3 Å². The van der Waals surface area contributed by atoms with Gasteiger partial charge in [-0.1, -0.05) is 49.0 Å². The number of amides is 1. The fraction of sp³-hybridized carbons (Fsp3) is 0.269. The minimum absolute atomic E-state index is 0.0694. The normalized spacial score (nSPS) is 15.3. The fourth-order valence-corrected chi connectivity index (χ4v) is 6.68. The number of fused-ring (bicyclic) bond motifs is 3. The number of aromatic nitrogens is 2. The van der Waals surface area contributed by atoms with Crippen LogP contribution in [0, 0.1) is 11.7 Å². The Morgan fingerprint density at radius 3 is 2.71 bits per heavy atom. The highest BCUT2D eigenvalue weighted by Crippen LogP contribution is 2.37. The largest absolute Gasteiger partial charge is 0.315 e. The van der Waals surface area contributed by atoms with E-state index >= 15 is 0 Å². The number of halogens is 1. The van der Waals surface area contributed by atoms with Crippen molar-refractivity contribution in [3.8, 4) is 5.69 Å². The van der Waals surface area contributed by atoms with E-state index in [4.69, 9.17) is 4.98 Å². The number of carbonyl (C=O) groups excluding carboxylic acids is 1. The van der Waals surface area contributed by atoms with E-state index in [-0.39, 0.29) is 22.9 Å². The van der Waals surface area contributed by atoms with Crippen LogP contribution in [0.25, 0.3) is 15.9 Å².